The Morgan fingerprint density at radius 3 is 2.62 bits per heavy atom. The minimum absolute atomic E-state index is 0.373. The van der Waals surface area contributed by atoms with Gasteiger partial charge in [0.1, 0.15) is 5.75 Å². The first-order valence-electron chi connectivity index (χ1n) is 4.92. The van der Waals surface area contributed by atoms with Crippen LogP contribution in [0.5, 0.6) is 5.75 Å². The van der Waals surface area contributed by atoms with E-state index in [2.05, 4.69) is 0 Å². The predicted octanol–water partition coefficient (Wildman–Crippen LogP) is 3.00. The summed E-state index contributed by atoms with van der Waals surface area (Å²) >= 11 is 6.02. The molecule has 16 heavy (non-hydrogen) atoms. The van der Waals surface area contributed by atoms with Crippen LogP contribution in [0.3, 0.4) is 0 Å². The van der Waals surface area contributed by atoms with Gasteiger partial charge >= 0.3 is 5.97 Å². The van der Waals surface area contributed by atoms with Crippen LogP contribution in [0.15, 0.2) is 18.2 Å². The van der Waals surface area contributed by atoms with Crippen molar-refractivity contribution in [3.05, 3.63) is 28.8 Å². The summed E-state index contributed by atoms with van der Waals surface area (Å²) in [5.41, 5.74) is -0.0517. The third kappa shape index (κ3) is 2.89. The Labute approximate surface area is 100.0 Å². The van der Waals surface area contributed by atoms with Gasteiger partial charge in [-0.1, -0.05) is 11.6 Å². The Hall–Kier alpha value is -1.22. The summed E-state index contributed by atoms with van der Waals surface area (Å²) in [6.45, 7) is 3.34. The molecule has 0 aliphatic heterocycles. The summed E-state index contributed by atoms with van der Waals surface area (Å²) in [6.07, 6.45) is 0.373. The van der Waals surface area contributed by atoms with E-state index >= 15 is 0 Å². The molecule has 0 unspecified atom stereocenters. The van der Waals surface area contributed by atoms with Crippen molar-refractivity contribution in [2.24, 2.45) is 5.41 Å². The molecule has 0 aliphatic carbocycles. The van der Waals surface area contributed by atoms with Crippen molar-refractivity contribution in [3.8, 4) is 5.75 Å². The van der Waals surface area contributed by atoms with Crippen LogP contribution in [-0.4, -0.2) is 18.2 Å². The molecule has 0 heterocycles. The fourth-order valence-electron chi connectivity index (χ4n) is 1.37. The lowest BCUT2D eigenvalue weighted by Gasteiger charge is -2.20. The average Bonchev–Trinajstić information content (AvgIpc) is 2.21. The van der Waals surface area contributed by atoms with E-state index in [-0.39, 0.29) is 0 Å². The lowest BCUT2D eigenvalue weighted by Crippen LogP contribution is -2.26. The zero-order valence-electron chi connectivity index (χ0n) is 9.58. The van der Waals surface area contributed by atoms with Crippen LogP contribution < -0.4 is 4.74 Å². The molecule has 3 nitrogen and oxygen atoms in total. The quantitative estimate of drug-likeness (QED) is 0.883. The Kier molecular flexibility index (Phi) is 3.81. The van der Waals surface area contributed by atoms with Crippen molar-refractivity contribution in [2.45, 2.75) is 20.3 Å². The molecule has 0 aromatic heterocycles. The zero-order chi connectivity index (χ0) is 12.3. The van der Waals surface area contributed by atoms with Crippen LogP contribution in [0.25, 0.3) is 0 Å². The second-order valence-electron chi connectivity index (χ2n) is 4.32. The number of carboxylic acids is 1. The van der Waals surface area contributed by atoms with Crippen LogP contribution in [0.4, 0.5) is 0 Å². The van der Waals surface area contributed by atoms with Gasteiger partial charge < -0.3 is 9.84 Å². The molecule has 0 radical (unpaired) electrons. The molecule has 0 saturated carbocycles. The van der Waals surface area contributed by atoms with Crippen molar-refractivity contribution >= 4 is 17.6 Å². The summed E-state index contributed by atoms with van der Waals surface area (Å²) in [5, 5.41) is 9.61. The molecular formula is C12H15ClO3. The van der Waals surface area contributed by atoms with Crippen LogP contribution in [-0.2, 0) is 11.2 Å². The molecule has 0 bridgehead atoms. The molecule has 1 aromatic rings. The lowest BCUT2D eigenvalue weighted by atomic mass is 9.86. The third-order valence-electron chi connectivity index (χ3n) is 2.46. The first-order valence-corrected chi connectivity index (χ1v) is 5.30. The van der Waals surface area contributed by atoms with Crippen LogP contribution in [0.2, 0.25) is 5.02 Å². The minimum Gasteiger partial charge on any atom is -0.497 e. The van der Waals surface area contributed by atoms with E-state index in [1.54, 1.807) is 39.2 Å². The topological polar surface area (TPSA) is 46.5 Å². The van der Waals surface area contributed by atoms with Crippen molar-refractivity contribution in [3.63, 3.8) is 0 Å². The minimum atomic E-state index is -0.841. The maximum atomic E-state index is 11.0. The number of carboxylic acid groups (broad SMARTS) is 1. The fraction of sp³-hybridized carbons (Fsp3) is 0.417. The van der Waals surface area contributed by atoms with E-state index in [1.165, 1.54) is 0 Å². The Bertz CT molecular complexity index is 399. The lowest BCUT2D eigenvalue weighted by molar-refractivity contribution is -0.146. The molecule has 88 valence electrons. The molecule has 4 heteroatoms. The molecule has 1 aromatic carbocycles. The number of halogens is 1. The monoisotopic (exact) mass is 242 g/mol. The second-order valence-corrected chi connectivity index (χ2v) is 4.73. The highest BCUT2D eigenvalue weighted by molar-refractivity contribution is 6.31. The molecule has 0 fully saturated rings. The SMILES string of the molecule is COc1ccc(Cl)c(CC(C)(C)C(=O)O)c1. The van der Waals surface area contributed by atoms with Gasteiger partial charge in [-0.05, 0) is 44.0 Å². The van der Waals surface area contributed by atoms with Gasteiger partial charge in [0.2, 0.25) is 0 Å². The Morgan fingerprint density at radius 1 is 1.50 bits per heavy atom. The van der Waals surface area contributed by atoms with Crippen molar-refractivity contribution in [1.82, 2.24) is 0 Å². The predicted molar refractivity (Wildman–Crippen MR) is 63.1 cm³/mol. The van der Waals surface area contributed by atoms with E-state index in [9.17, 15) is 4.79 Å². The van der Waals surface area contributed by atoms with E-state index in [4.69, 9.17) is 21.4 Å². The maximum absolute atomic E-state index is 11.0. The van der Waals surface area contributed by atoms with Gasteiger partial charge in [0, 0.05) is 5.02 Å². The molecule has 0 saturated heterocycles. The molecule has 1 rings (SSSR count). The molecule has 0 aliphatic rings. The highest BCUT2D eigenvalue weighted by Gasteiger charge is 2.28. The molecule has 1 N–H and O–H groups in total. The van der Waals surface area contributed by atoms with Gasteiger partial charge in [0.05, 0.1) is 12.5 Å². The number of aliphatic carboxylic acids is 1. The molecule has 0 amide bonds. The highest BCUT2D eigenvalue weighted by atomic mass is 35.5. The molecule has 0 spiro atoms. The smallest absolute Gasteiger partial charge is 0.309 e. The number of rotatable bonds is 4. The summed E-state index contributed by atoms with van der Waals surface area (Å²) in [5.74, 6) is -0.160. The van der Waals surface area contributed by atoms with Crippen molar-refractivity contribution < 1.29 is 14.6 Å². The number of benzene rings is 1. The normalized spacial score (nSPS) is 11.2. The van der Waals surface area contributed by atoms with Gasteiger partial charge in [-0.25, -0.2) is 0 Å². The Balaban J connectivity index is 3.00. The van der Waals surface area contributed by atoms with Crippen LogP contribution >= 0.6 is 11.6 Å². The van der Waals surface area contributed by atoms with Crippen LogP contribution in [0, 0.1) is 5.41 Å². The average molecular weight is 243 g/mol. The van der Waals surface area contributed by atoms with Crippen molar-refractivity contribution in [1.29, 1.82) is 0 Å². The highest BCUT2D eigenvalue weighted by Crippen LogP contribution is 2.29. The fourth-order valence-corrected chi connectivity index (χ4v) is 1.55. The summed E-state index contributed by atoms with van der Waals surface area (Å²) in [4.78, 5) is 11.0. The maximum Gasteiger partial charge on any atom is 0.309 e. The number of ether oxygens (including phenoxy) is 1. The number of hydrogen-bond donors (Lipinski definition) is 1. The van der Waals surface area contributed by atoms with E-state index < -0.39 is 11.4 Å². The molecule has 0 atom stereocenters. The third-order valence-corrected chi connectivity index (χ3v) is 2.83. The van der Waals surface area contributed by atoms with Gasteiger partial charge in [-0.2, -0.15) is 0 Å². The van der Waals surface area contributed by atoms with E-state index in [1.807, 2.05) is 0 Å². The van der Waals surface area contributed by atoms with Crippen molar-refractivity contribution in [2.75, 3.05) is 7.11 Å². The zero-order valence-corrected chi connectivity index (χ0v) is 10.3. The van der Waals surface area contributed by atoms with Gasteiger partial charge in [-0.3, -0.25) is 4.79 Å². The number of methoxy groups -OCH3 is 1. The standard InChI is InChI=1S/C12H15ClO3/c1-12(2,11(14)15)7-8-6-9(16-3)4-5-10(8)13/h4-6H,7H2,1-3H3,(H,14,15). The van der Waals surface area contributed by atoms with E-state index in [0.29, 0.717) is 17.2 Å². The van der Waals surface area contributed by atoms with Gasteiger partial charge in [0.15, 0.2) is 0 Å². The second kappa shape index (κ2) is 4.74. The summed E-state index contributed by atoms with van der Waals surface area (Å²) in [6, 6.07) is 5.24. The van der Waals surface area contributed by atoms with Gasteiger partial charge in [0.25, 0.3) is 0 Å². The molecular weight excluding hydrogens is 228 g/mol. The Morgan fingerprint density at radius 2 is 2.12 bits per heavy atom. The number of hydrogen-bond acceptors (Lipinski definition) is 2. The van der Waals surface area contributed by atoms with E-state index in [0.717, 1.165) is 5.56 Å². The van der Waals surface area contributed by atoms with Gasteiger partial charge in [-0.15, -0.1) is 0 Å². The van der Waals surface area contributed by atoms with Crippen LogP contribution in [0.1, 0.15) is 19.4 Å². The largest absolute Gasteiger partial charge is 0.497 e. The number of carbonyl (C=O) groups is 1. The first-order chi connectivity index (χ1) is 7.36. The summed E-state index contributed by atoms with van der Waals surface area (Å²) < 4.78 is 5.08. The first kappa shape index (κ1) is 12.8. The summed E-state index contributed by atoms with van der Waals surface area (Å²) in [7, 11) is 1.56.